The van der Waals surface area contributed by atoms with E-state index in [1.165, 1.54) is 0 Å². The Morgan fingerprint density at radius 1 is 1.00 bits per heavy atom. The van der Waals surface area contributed by atoms with Crippen molar-refractivity contribution >= 4 is 0 Å². The summed E-state index contributed by atoms with van der Waals surface area (Å²) in [4.78, 5) is 0. The first-order valence-electron chi connectivity index (χ1n) is 6.92. The van der Waals surface area contributed by atoms with E-state index in [0.717, 1.165) is 0 Å². The molecule has 7 N–H and O–H groups in total. The fraction of sp³-hybridized carbons (Fsp3) is 1.00. The van der Waals surface area contributed by atoms with Gasteiger partial charge in [0.1, 0.15) is 30.5 Å². The van der Waals surface area contributed by atoms with Gasteiger partial charge in [-0.3, -0.25) is 0 Å². The van der Waals surface area contributed by atoms with Gasteiger partial charge in [-0.05, 0) is 0 Å². The standard InChI is InChI=1S/C12H22O10/c13-2-6-8(16)9(17)10(18)11(21-6)20-3-7-5(15)1-12(19,4-14)22-7/h5-11,13-19H,1-4H2/t5-,6?,7?,8?,9?,10?,11?,12+/m1/s1. The molecule has 0 amide bonds. The summed E-state index contributed by atoms with van der Waals surface area (Å²) in [5, 5.41) is 66.5. The van der Waals surface area contributed by atoms with Crippen LogP contribution >= 0.6 is 0 Å². The molecular formula is C12H22O10. The SMILES string of the molecule is OCC1OC(OCC2O[C@](O)(CO)C[C@H]2O)C(O)C(O)C1O. The molecule has 0 radical (unpaired) electrons. The van der Waals surface area contributed by atoms with Gasteiger partial charge in [0.15, 0.2) is 12.1 Å². The molecule has 2 aliphatic heterocycles. The Morgan fingerprint density at radius 3 is 2.23 bits per heavy atom. The molecule has 10 nitrogen and oxygen atoms in total. The average molecular weight is 326 g/mol. The molecule has 0 bridgehead atoms. The van der Waals surface area contributed by atoms with Crippen LogP contribution in [0.25, 0.3) is 0 Å². The maximum atomic E-state index is 9.78. The summed E-state index contributed by atoms with van der Waals surface area (Å²) in [5.41, 5.74) is 0. The minimum Gasteiger partial charge on any atom is -0.394 e. The van der Waals surface area contributed by atoms with Crippen LogP contribution in [0.2, 0.25) is 0 Å². The third-order valence-electron chi connectivity index (χ3n) is 3.85. The molecule has 0 aromatic rings. The van der Waals surface area contributed by atoms with Crippen molar-refractivity contribution in [2.45, 2.75) is 55.1 Å². The molecule has 130 valence electrons. The summed E-state index contributed by atoms with van der Waals surface area (Å²) in [6.07, 6.45) is -9.35. The second kappa shape index (κ2) is 7.01. The number of ether oxygens (including phenoxy) is 3. The lowest BCUT2D eigenvalue weighted by Crippen LogP contribution is -2.59. The van der Waals surface area contributed by atoms with E-state index in [0.29, 0.717) is 0 Å². The van der Waals surface area contributed by atoms with Crippen molar-refractivity contribution in [1.82, 2.24) is 0 Å². The van der Waals surface area contributed by atoms with E-state index in [1.54, 1.807) is 0 Å². The van der Waals surface area contributed by atoms with E-state index in [1.807, 2.05) is 0 Å². The van der Waals surface area contributed by atoms with Gasteiger partial charge in [-0.1, -0.05) is 0 Å². The van der Waals surface area contributed by atoms with Gasteiger partial charge in [-0.2, -0.15) is 0 Å². The second-order valence-corrected chi connectivity index (χ2v) is 5.56. The van der Waals surface area contributed by atoms with Crippen molar-refractivity contribution in [2.75, 3.05) is 19.8 Å². The fourth-order valence-electron chi connectivity index (χ4n) is 2.51. The monoisotopic (exact) mass is 326 g/mol. The molecule has 2 aliphatic rings. The van der Waals surface area contributed by atoms with E-state index in [-0.39, 0.29) is 13.0 Å². The molecule has 0 aromatic carbocycles. The summed E-state index contributed by atoms with van der Waals surface area (Å²) in [7, 11) is 0. The van der Waals surface area contributed by atoms with E-state index in [4.69, 9.17) is 24.4 Å². The van der Waals surface area contributed by atoms with Crippen molar-refractivity contribution in [1.29, 1.82) is 0 Å². The maximum absolute atomic E-state index is 9.78. The minimum absolute atomic E-state index is 0.202. The Kier molecular flexibility index (Phi) is 5.72. The lowest BCUT2D eigenvalue weighted by atomic mass is 9.99. The molecule has 2 saturated heterocycles. The van der Waals surface area contributed by atoms with Crippen molar-refractivity contribution in [3.63, 3.8) is 0 Å². The molecule has 2 heterocycles. The van der Waals surface area contributed by atoms with Crippen molar-refractivity contribution in [3.05, 3.63) is 0 Å². The number of hydrogen-bond acceptors (Lipinski definition) is 10. The third-order valence-corrected chi connectivity index (χ3v) is 3.85. The summed E-state index contributed by atoms with van der Waals surface area (Å²) >= 11 is 0. The van der Waals surface area contributed by atoms with Crippen LogP contribution in [0.15, 0.2) is 0 Å². The predicted molar refractivity (Wildman–Crippen MR) is 67.3 cm³/mol. The van der Waals surface area contributed by atoms with Crippen LogP contribution in [-0.4, -0.2) is 104 Å². The van der Waals surface area contributed by atoms with Gasteiger partial charge in [0.25, 0.3) is 0 Å². The quantitative estimate of drug-likeness (QED) is 0.262. The van der Waals surface area contributed by atoms with Crippen LogP contribution in [0, 0.1) is 0 Å². The normalized spacial score (nSPS) is 49.5. The Morgan fingerprint density at radius 2 is 1.68 bits per heavy atom. The van der Waals surface area contributed by atoms with Crippen molar-refractivity contribution in [3.8, 4) is 0 Å². The second-order valence-electron chi connectivity index (χ2n) is 5.56. The van der Waals surface area contributed by atoms with E-state index in [2.05, 4.69) is 0 Å². The Labute approximate surface area is 126 Å². The zero-order valence-corrected chi connectivity index (χ0v) is 11.7. The molecule has 0 spiro atoms. The Balaban J connectivity index is 1.91. The van der Waals surface area contributed by atoms with Crippen molar-refractivity contribution < 1.29 is 50.0 Å². The maximum Gasteiger partial charge on any atom is 0.192 e. The van der Waals surface area contributed by atoms with Gasteiger partial charge in [0, 0.05) is 6.42 Å². The topological polar surface area (TPSA) is 169 Å². The fourth-order valence-corrected chi connectivity index (χ4v) is 2.51. The van der Waals surface area contributed by atoms with Crippen LogP contribution in [0.4, 0.5) is 0 Å². The molecule has 6 unspecified atom stereocenters. The molecule has 10 heteroatoms. The summed E-state index contributed by atoms with van der Waals surface area (Å²) in [6, 6.07) is 0. The zero-order chi connectivity index (χ0) is 16.5. The van der Waals surface area contributed by atoms with Gasteiger partial charge in [-0.15, -0.1) is 0 Å². The van der Waals surface area contributed by atoms with E-state index >= 15 is 0 Å². The van der Waals surface area contributed by atoms with E-state index < -0.39 is 61.9 Å². The average Bonchev–Trinajstić information content (AvgIpc) is 2.79. The highest BCUT2D eigenvalue weighted by Crippen LogP contribution is 2.29. The molecular weight excluding hydrogens is 304 g/mol. The summed E-state index contributed by atoms with van der Waals surface area (Å²) in [6.45, 7) is -1.58. The van der Waals surface area contributed by atoms with Crippen LogP contribution in [0.3, 0.4) is 0 Å². The van der Waals surface area contributed by atoms with Crippen LogP contribution in [-0.2, 0) is 14.2 Å². The molecule has 2 fully saturated rings. The first-order valence-corrected chi connectivity index (χ1v) is 6.92. The third kappa shape index (κ3) is 3.57. The van der Waals surface area contributed by atoms with Gasteiger partial charge < -0.3 is 50.0 Å². The van der Waals surface area contributed by atoms with Crippen LogP contribution in [0.1, 0.15) is 6.42 Å². The molecule has 2 rings (SSSR count). The highest BCUT2D eigenvalue weighted by atomic mass is 16.7. The zero-order valence-electron chi connectivity index (χ0n) is 11.7. The largest absolute Gasteiger partial charge is 0.394 e. The molecule has 8 atom stereocenters. The highest BCUT2D eigenvalue weighted by molar-refractivity contribution is 4.90. The number of hydrogen-bond donors (Lipinski definition) is 7. The first kappa shape index (κ1) is 17.9. The van der Waals surface area contributed by atoms with Gasteiger partial charge in [-0.25, -0.2) is 0 Å². The number of aliphatic hydroxyl groups excluding tert-OH is 6. The van der Waals surface area contributed by atoms with Gasteiger partial charge in [0.2, 0.25) is 0 Å². The smallest absolute Gasteiger partial charge is 0.192 e. The minimum atomic E-state index is -1.86. The number of aliphatic hydroxyl groups is 7. The molecule has 0 aliphatic carbocycles. The van der Waals surface area contributed by atoms with Crippen LogP contribution < -0.4 is 0 Å². The Hall–Kier alpha value is -0.400. The first-order chi connectivity index (χ1) is 10.3. The summed E-state index contributed by atoms with van der Waals surface area (Å²) < 4.78 is 15.4. The highest BCUT2D eigenvalue weighted by Gasteiger charge is 2.47. The molecule has 0 saturated carbocycles. The van der Waals surface area contributed by atoms with Gasteiger partial charge >= 0.3 is 0 Å². The van der Waals surface area contributed by atoms with Crippen molar-refractivity contribution in [2.24, 2.45) is 0 Å². The van der Waals surface area contributed by atoms with Crippen LogP contribution in [0.5, 0.6) is 0 Å². The Bertz CT molecular complexity index is 366. The molecule has 0 aromatic heterocycles. The molecule has 22 heavy (non-hydrogen) atoms. The number of rotatable bonds is 5. The lowest BCUT2D eigenvalue weighted by Gasteiger charge is -2.39. The predicted octanol–water partition coefficient (Wildman–Crippen LogP) is -4.37. The summed E-state index contributed by atoms with van der Waals surface area (Å²) in [5.74, 6) is -1.86. The lowest BCUT2D eigenvalue weighted by molar-refractivity contribution is -0.309. The van der Waals surface area contributed by atoms with E-state index in [9.17, 15) is 25.5 Å². The van der Waals surface area contributed by atoms with Gasteiger partial charge in [0.05, 0.1) is 25.9 Å².